The number of aryl methyl sites for hydroxylation is 1. The summed E-state index contributed by atoms with van der Waals surface area (Å²) in [5, 5.41) is 7.20. The number of halogens is 3. The molecule has 0 atom stereocenters. The molecule has 0 unspecified atom stereocenters. The third kappa shape index (κ3) is 4.01. The number of nitrogens with zero attached hydrogens (tertiary/aromatic N) is 2. The highest BCUT2D eigenvalue weighted by Crippen LogP contribution is 2.11. The minimum atomic E-state index is -0.812. The lowest BCUT2D eigenvalue weighted by Gasteiger charge is -2.05. The minimum absolute atomic E-state index is 0. The van der Waals surface area contributed by atoms with Gasteiger partial charge in [0.25, 0.3) is 0 Å². The number of rotatable bonds is 5. The summed E-state index contributed by atoms with van der Waals surface area (Å²) in [5.41, 5.74) is 1.35. The van der Waals surface area contributed by atoms with Gasteiger partial charge in [0.05, 0.1) is 6.20 Å². The highest BCUT2D eigenvalue weighted by atomic mass is 35.5. The lowest BCUT2D eigenvalue weighted by atomic mass is 10.2. The van der Waals surface area contributed by atoms with Crippen molar-refractivity contribution in [2.45, 2.75) is 26.6 Å². The van der Waals surface area contributed by atoms with Gasteiger partial charge in [-0.25, -0.2) is 8.78 Å². The van der Waals surface area contributed by atoms with Crippen molar-refractivity contribution in [3.05, 3.63) is 53.4 Å². The molecule has 0 saturated carbocycles. The molecule has 19 heavy (non-hydrogen) atoms. The molecular weight excluding hydrogens is 272 g/mol. The van der Waals surface area contributed by atoms with Crippen LogP contribution in [-0.2, 0) is 19.6 Å². The van der Waals surface area contributed by atoms with Crippen LogP contribution in [0.1, 0.15) is 18.1 Å². The van der Waals surface area contributed by atoms with Crippen molar-refractivity contribution >= 4 is 12.4 Å². The molecule has 104 valence electrons. The number of nitrogens with one attached hydrogen (secondary N) is 1. The smallest absolute Gasteiger partial charge is 0.163 e. The monoisotopic (exact) mass is 287 g/mol. The zero-order valence-electron chi connectivity index (χ0n) is 10.6. The molecule has 1 aromatic carbocycles. The molecule has 1 N–H and O–H groups in total. The minimum Gasteiger partial charge on any atom is -0.308 e. The summed E-state index contributed by atoms with van der Waals surface area (Å²) >= 11 is 0. The van der Waals surface area contributed by atoms with Gasteiger partial charge in [0.1, 0.15) is 0 Å². The van der Waals surface area contributed by atoms with Crippen molar-refractivity contribution in [1.29, 1.82) is 0 Å². The third-order valence-corrected chi connectivity index (χ3v) is 2.69. The summed E-state index contributed by atoms with van der Waals surface area (Å²) in [6.07, 6.45) is 3.69. The Bertz CT molecular complexity index is 528. The number of hydrogen-bond donors (Lipinski definition) is 1. The van der Waals surface area contributed by atoms with Crippen LogP contribution in [0.25, 0.3) is 0 Å². The van der Waals surface area contributed by atoms with E-state index in [0.29, 0.717) is 18.7 Å². The molecule has 0 spiro atoms. The van der Waals surface area contributed by atoms with E-state index in [9.17, 15) is 8.78 Å². The normalized spacial score (nSPS) is 10.3. The van der Waals surface area contributed by atoms with E-state index >= 15 is 0 Å². The zero-order chi connectivity index (χ0) is 13.0. The van der Waals surface area contributed by atoms with E-state index in [4.69, 9.17) is 0 Å². The van der Waals surface area contributed by atoms with Gasteiger partial charge in [0.15, 0.2) is 11.6 Å². The maximum absolute atomic E-state index is 13.4. The van der Waals surface area contributed by atoms with Gasteiger partial charge in [-0.05, 0) is 13.0 Å². The Kier molecular flexibility index (Phi) is 5.92. The molecule has 2 rings (SSSR count). The van der Waals surface area contributed by atoms with Crippen LogP contribution in [0.5, 0.6) is 0 Å². The Hall–Kier alpha value is -1.46. The summed E-state index contributed by atoms with van der Waals surface area (Å²) < 4.78 is 28.1. The lowest BCUT2D eigenvalue weighted by molar-refractivity contribution is 0.492. The van der Waals surface area contributed by atoms with Crippen LogP contribution >= 0.6 is 12.4 Å². The van der Waals surface area contributed by atoms with Crippen molar-refractivity contribution in [3.8, 4) is 0 Å². The van der Waals surface area contributed by atoms with Gasteiger partial charge in [-0.1, -0.05) is 12.1 Å². The molecule has 0 aliphatic heterocycles. The van der Waals surface area contributed by atoms with Gasteiger partial charge in [0.2, 0.25) is 0 Å². The van der Waals surface area contributed by atoms with Crippen LogP contribution in [0.4, 0.5) is 8.78 Å². The van der Waals surface area contributed by atoms with E-state index in [1.54, 1.807) is 12.3 Å². The Morgan fingerprint density at radius 1 is 1.26 bits per heavy atom. The maximum Gasteiger partial charge on any atom is 0.163 e. The van der Waals surface area contributed by atoms with E-state index in [-0.39, 0.29) is 12.4 Å². The Balaban J connectivity index is 0.00000180. The Morgan fingerprint density at radius 3 is 2.74 bits per heavy atom. The van der Waals surface area contributed by atoms with E-state index in [0.717, 1.165) is 18.2 Å². The van der Waals surface area contributed by atoms with Crippen LogP contribution in [0.2, 0.25) is 0 Å². The molecule has 1 aromatic heterocycles. The fourth-order valence-electron chi connectivity index (χ4n) is 1.70. The quantitative estimate of drug-likeness (QED) is 0.916. The van der Waals surface area contributed by atoms with E-state index in [1.165, 1.54) is 6.07 Å². The highest BCUT2D eigenvalue weighted by Gasteiger charge is 2.06. The largest absolute Gasteiger partial charge is 0.308 e. The van der Waals surface area contributed by atoms with Crippen molar-refractivity contribution in [3.63, 3.8) is 0 Å². The SMILES string of the molecule is CCn1cc(CNCc2cccc(F)c2F)cn1.Cl. The zero-order valence-corrected chi connectivity index (χ0v) is 11.4. The summed E-state index contributed by atoms with van der Waals surface area (Å²) in [6.45, 7) is 3.70. The van der Waals surface area contributed by atoms with Crippen LogP contribution in [-0.4, -0.2) is 9.78 Å². The molecule has 0 fully saturated rings. The first kappa shape index (κ1) is 15.6. The number of benzene rings is 1. The average Bonchev–Trinajstić information content (AvgIpc) is 2.82. The molecular formula is C13H16ClF2N3. The van der Waals surface area contributed by atoms with Crippen molar-refractivity contribution < 1.29 is 8.78 Å². The van der Waals surface area contributed by atoms with E-state index < -0.39 is 11.6 Å². The van der Waals surface area contributed by atoms with Crippen molar-refractivity contribution in [1.82, 2.24) is 15.1 Å². The first-order valence-electron chi connectivity index (χ1n) is 5.85. The molecule has 3 nitrogen and oxygen atoms in total. The fourth-order valence-corrected chi connectivity index (χ4v) is 1.70. The molecule has 0 aliphatic carbocycles. The summed E-state index contributed by atoms with van der Waals surface area (Å²) in [7, 11) is 0. The van der Waals surface area contributed by atoms with E-state index in [2.05, 4.69) is 10.4 Å². The summed E-state index contributed by atoms with van der Waals surface area (Å²) in [6, 6.07) is 4.19. The number of hydrogen-bond acceptors (Lipinski definition) is 2. The topological polar surface area (TPSA) is 29.9 Å². The fraction of sp³-hybridized carbons (Fsp3) is 0.308. The highest BCUT2D eigenvalue weighted by molar-refractivity contribution is 5.85. The lowest BCUT2D eigenvalue weighted by Crippen LogP contribution is -2.13. The molecule has 0 amide bonds. The van der Waals surface area contributed by atoms with Gasteiger partial charge in [-0.2, -0.15) is 5.10 Å². The van der Waals surface area contributed by atoms with E-state index in [1.807, 2.05) is 17.8 Å². The van der Waals surface area contributed by atoms with Crippen molar-refractivity contribution in [2.24, 2.45) is 0 Å². The van der Waals surface area contributed by atoms with Crippen LogP contribution in [0, 0.1) is 11.6 Å². The summed E-state index contributed by atoms with van der Waals surface area (Å²) in [5.74, 6) is -1.60. The molecule has 0 bridgehead atoms. The second-order valence-corrected chi connectivity index (χ2v) is 4.02. The van der Waals surface area contributed by atoms with Gasteiger partial charge in [-0.3, -0.25) is 4.68 Å². The molecule has 2 aromatic rings. The third-order valence-electron chi connectivity index (χ3n) is 2.69. The average molecular weight is 288 g/mol. The first-order chi connectivity index (χ1) is 8.70. The summed E-state index contributed by atoms with van der Waals surface area (Å²) in [4.78, 5) is 0. The van der Waals surface area contributed by atoms with Gasteiger partial charge in [0, 0.05) is 37.0 Å². The molecule has 0 aliphatic rings. The van der Waals surface area contributed by atoms with Gasteiger partial charge < -0.3 is 5.32 Å². The molecule has 0 radical (unpaired) electrons. The van der Waals surface area contributed by atoms with Crippen molar-refractivity contribution in [2.75, 3.05) is 0 Å². The molecule has 1 heterocycles. The molecule has 6 heteroatoms. The van der Waals surface area contributed by atoms with Gasteiger partial charge in [-0.15, -0.1) is 12.4 Å². The standard InChI is InChI=1S/C13H15F2N3.ClH/c1-2-18-9-10(7-17-18)6-16-8-11-4-3-5-12(14)13(11)15;/h3-5,7,9,16H,2,6,8H2,1H3;1H. The Morgan fingerprint density at radius 2 is 2.05 bits per heavy atom. The Labute approximate surface area is 117 Å². The predicted molar refractivity (Wildman–Crippen MR) is 72.1 cm³/mol. The number of aromatic nitrogens is 2. The van der Waals surface area contributed by atoms with Crippen LogP contribution in [0.15, 0.2) is 30.6 Å². The predicted octanol–water partition coefficient (Wildman–Crippen LogP) is 2.89. The second kappa shape index (κ2) is 7.21. The second-order valence-electron chi connectivity index (χ2n) is 4.02. The van der Waals surface area contributed by atoms with Crippen LogP contribution < -0.4 is 5.32 Å². The first-order valence-corrected chi connectivity index (χ1v) is 5.85. The maximum atomic E-state index is 13.4. The van der Waals surface area contributed by atoms with Crippen LogP contribution in [0.3, 0.4) is 0 Å². The molecule has 0 saturated heterocycles. The van der Waals surface area contributed by atoms with Gasteiger partial charge >= 0.3 is 0 Å².